The SMILES string of the molecule is CN(C)C(=O)Cn1ccc2ncc(-c3ccnc(C(F)(F)F)c3)cc21. The number of alkyl halides is 3. The molecule has 1 amide bonds. The van der Waals surface area contributed by atoms with Crippen molar-refractivity contribution < 1.29 is 18.0 Å². The summed E-state index contributed by atoms with van der Waals surface area (Å²) in [4.78, 5) is 21.0. The molecule has 0 aromatic carbocycles. The molecule has 0 saturated heterocycles. The maximum Gasteiger partial charge on any atom is 0.433 e. The molecule has 3 rings (SSSR count). The van der Waals surface area contributed by atoms with E-state index in [1.54, 1.807) is 37.0 Å². The smallest absolute Gasteiger partial charge is 0.347 e. The highest BCUT2D eigenvalue weighted by Crippen LogP contribution is 2.31. The Bertz CT molecular complexity index is 931. The standard InChI is InChI=1S/C17H15F3N4O/c1-23(2)16(25)10-24-6-4-13-14(24)7-12(9-22-13)11-3-5-21-15(8-11)17(18,19)20/h3-9H,10H2,1-2H3. The number of likely N-dealkylation sites (N-methyl/N-ethyl adjacent to an activating group) is 1. The highest BCUT2D eigenvalue weighted by Gasteiger charge is 2.32. The molecule has 25 heavy (non-hydrogen) atoms. The molecule has 0 fully saturated rings. The summed E-state index contributed by atoms with van der Waals surface area (Å²) >= 11 is 0. The van der Waals surface area contributed by atoms with Gasteiger partial charge in [-0.2, -0.15) is 13.2 Å². The number of rotatable bonds is 3. The van der Waals surface area contributed by atoms with Gasteiger partial charge in [-0.1, -0.05) is 0 Å². The van der Waals surface area contributed by atoms with Crippen LogP contribution < -0.4 is 0 Å². The highest BCUT2D eigenvalue weighted by molar-refractivity contribution is 5.84. The normalized spacial score (nSPS) is 11.7. The molecule has 0 radical (unpaired) electrons. The van der Waals surface area contributed by atoms with Gasteiger partial charge >= 0.3 is 6.18 Å². The largest absolute Gasteiger partial charge is 0.433 e. The molecule has 3 aromatic heterocycles. The van der Waals surface area contributed by atoms with Crippen LogP contribution in [0.4, 0.5) is 13.2 Å². The second kappa shape index (κ2) is 6.19. The number of nitrogens with zero attached hydrogens (tertiary/aromatic N) is 4. The second-order valence-electron chi connectivity index (χ2n) is 5.79. The summed E-state index contributed by atoms with van der Waals surface area (Å²) < 4.78 is 40.3. The third-order valence-electron chi connectivity index (χ3n) is 3.81. The zero-order valence-corrected chi connectivity index (χ0v) is 13.6. The van der Waals surface area contributed by atoms with Crippen LogP contribution in [-0.4, -0.2) is 39.4 Å². The molecule has 0 aliphatic carbocycles. The maximum atomic E-state index is 12.8. The summed E-state index contributed by atoms with van der Waals surface area (Å²) in [5, 5.41) is 0. The number of halogens is 3. The van der Waals surface area contributed by atoms with E-state index < -0.39 is 11.9 Å². The van der Waals surface area contributed by atoms with Gasteiger partial charge in [-0.25, -0.2) is 0 Å². The summed E-state index contributed by atoms with van der Waals surface area (Å²) in [5.74, 6) is -0.0915. The van der Waals surface area contributed by atoms with Crippen molar-refractivity contribution in [3.63, 3.8) is 0 Å². The average Bonchev–Trinajstić information content (AvgIpc) is 2.96. The number of fused-ring (bicyclic) bond motifs is 1. The molecule has 130 valence electrons. The van der Waals surface area contributed by atoms with Gasteiger partial charge in [0, 0.05) is 38.2 Å². The molecule has 8 heteroatoms. The molecule has 0 spiro atoms. The van der Waals surface area contributed by atoms with Crippen molar-refractivity contribution >= 4 is 16.9 Å². The molecule has 3 aromatic rings. The molecule has 0 saturated carbocycles. The zero-order valence-electron chi connectivity index (χ0n) is 13.6. The van der Waals surface area contributed by atoms with E-state index >= 15 is 0 Å². The molecule has 0 N–H and O–H groups in total. The number of carbonyl (C=O) groups excluding carboxylic acids is 1. The summed E-state index contributed by atoms with van der Waals surface area (Å²) in [6.45, 7) is 0.131. The van der Waals surface area contributed by atoms with Crippen molar-refractivity contribution in [3.05, 3.63) is 48.5 Å². The van der Waals surface area contributed by atoms with E-state index in [9.17, 15) is 18.0 Å². The summed E-state index contributed by atoms with van der Waals surface area (Å²) in [6, 6.07) is 5.97. The molecule has 3 heterocycles. The molecule has 0 aliphatic rings. The zero-order chi connectivity index (χ0) is 18.2. The molecule has 0 bridgehead atoms. The number of aromatic nitrogens is 3. The molecule has 0 atom stereocenters. The maximum absolute atomic E-state index is 12.8. The Morgan fingerprint density at radius 1 is 1.16 bits per heavy atom. The van der Waals surface area contributed by atoms with E-state index in [2.05, 4.69) is 9.97 Å². The van der Waals surface area contributed by atoms with Gasteiger partial charge in [0.15, 0.2) is 0 Å². The third kappa shape index (κ3) is 3.47. The Balaban J connectivity index is 2.02. The van der Waals surface area contributed by atoms with E-state index in [-0.39, 0.29) is 12.5 Å². The molecular weight excluding hydrogens is 333 g/mol. The van der Waals surface area contributed by atoms with E-state index in [1.165, 1.54) is 17.2 Å². The van der Waals surface area contributed by atoms with Crippen LogP contribution in [0.5, 0.6) is 0 Å². The lowest BCUT2D eigenvalue weighted by Gasteiger charge is -2.12. The molecular formula is C17H15F3N4O. The van der Waals surface area contributed by atoms with E-state index in [4.69, 9.17) is 0 Å². The Hall–Kier alpha value is -2.90. The van der Waals surface area contributed by atoms with Crippen LogP contribution in [0.2, 0.25) is 0 Å². The van der Waals surface area contributed by atoms with Crippen LogP contribution in [0.1, 0.15) is 5.69 Å². The lowest BCUT2D eigenvalue weighted by molar-refractivity contribution is -0.141. The van der Waals surface area contributed by atoms with Crippen molar-refractivity contribution in [1.82, 2.24) is 19.4 Å². The fraction of sp³-hybridized carbons (Fsp3) is 0.235. The van der Waals surface area contributed by atoms with E-state index in [0.29, 0.717) is 22.2 Å². The Morgan fingerprint density at radius 2 is 1.92 bits per heavy atom. The molecule has 0 aliphatic heterocycles. The van der Waals surface area contributed by atoms with Crippen molar-refractivity contribution in [2.45, 2.75) is 12.7 Å². The highest BCUT2D eigenvalue weighted by atomic mass is 19.4. The van der Waals surface area contributed by atoms with Gasteiger partial charge in [0.2, 0.25) is 5.91 Å². The lowest BCUT2D eigenvalue weighted by Crippen LogP contribution is -2.25. The minimum absolute atomic E-state index is 0.0915. The number of carbonyl (C=O) groups is 1. The first-order chi connectivity index (χ1) is 11.8. The monoisotopic (exact) mass is 348 g/mol. The van der Waals surface area contributed by atoms with Crippen molar-refractivity contribution in [1.29, 1.82) is 0 Å². The first kappa shape index (κ1) is 16.9. The minimum Gasteiger partial charge on any atom is -0.347 e. The number of pyridine rings is 2. The second-order valence-corrected chi connectivity index (χ2v) is 5.79. The quantitative estimate of drug-likeness (QED) is 0.730. The van der Waals surface area contributed by atoms with Gasteiger partial charge in [0.25, 0.3) is 0 Å². The summed E-state index contributed by atoms with van der Waals surface area (Å²) in [6.07, 6.45) is -0.144. The predicted molar refractivity (Wildman–Crippen MR) is 86.7 cm³/mol. The Kier molecular flexibility index (Phi) is 4.20. The van der Waals surface area contributed by atoms with Crippen LogP contribution in [0.25, 0.3) is 22.2 Å². The number of amides is 1. The summed E-state index contributed by atoms with van der Waals surface area (Å²) in [7, 11) is 3.32. The van der Waals surface area contributed by atoms with Crippen LogP contribution in [-0.2, 0) is 17.5 Å². The van der Waals surface area contributed by atoms with Gasteiger partial charge in [0.05, 0.1) is 11.0 Å². The Morgan fingerprint density at radius 3 is 2.60 bits per heavy atom. The fourth-order valence-corrected chi connectivity index (χ4v) is 2.41. The van der Waals surface area contributed by atoms with Gasteiger partial charge in [-0.3, -0.25) is 14.8 Å². The first-order valence-corrected chi connectivity index (χ1v) is 7.44. The van der Waals surface area contributed by atoms with Crippen molar-refractivity contribution in [2.75, 3.05) is 14.1 Å². The number of hydrogen-bond acceptors (Lipinski definition) is 3. The lowest BCUT2D eigenvalue weighted by atomic mass is 10.1. The fourth-order valence-electron chi connectivity index (χ4n) is 2.41. The van der Waals surface area contributed by atoms with Crippen LogP contribution in [0.3, 0.4) is 0 Å². The first-order valence-electron chi connectivity index (χ1n) is 7.44. The average molecular weight is 348 g/mol. The molecule has 0 unspecified atom stereocenters. The van der Waals surface area contributed by atoms with Crippen LogP contribution in [0, 0.1) is 0 Å². The van der Waals surface area contributed by atoms with E-state index in [0.717, 1.165) is 12.3 Å². The summed E-state index contributed by atoms with van der Waals surface area (Å²) in [5.41, 5.74) is 1.28. The van der Waals surface area contributed by atoms with Gasteiger partial charge < -0.3 is 9.47 Å². The van der Waals surface area contributed by atoms with Crippen LogP contribution in [0.15, 0.2) is 42.9 Å². The number of hydrogen-bond donors (Lipinski definition) is 0. The van der Waals surface area contributed by atoms with Gasteiger partial charge in [-0.05, 0) is 29.8 Å². The van der Waals surface area contributed by atoms with E-state index in [1.807, 2.05) is 0 Å². The predicted octanol–water partition coefficient (Wildman–Crippen LogP) is 3.21. The molecule has 5 nitrogen and oxygen atoms in total. The van der Waals surface area contributed by atoms with Crippen LogP contribution >= 0.6 is 0 Å². The Labute approximate surface area is 141 Å². The third-order valence-corrected chi connectivity index (χ3v) is 3.81. The van der Waals surface area contributed by atoms with Gasteiger partial charge in [-0.15, -0.1) is 0 Å². The minimum atomic E-state index is -4.51. The van der Waals surface area contributed by atoms with Crippen molar-refractivity contribution in [2.24, 2.45) is 0 Å². The topological polar surface area (TPSA) is 51.0 Å². The van der Waals surface area contributed by atoms with Gasteiger partial charge in [0.1, 0.15) is 12.2 Å². The van der Waals surface area contributed by atoms with Crippen molar-refractivity contribution in [3.8, 4) is 11.1 Å².